The first-order valence-corrected chi connectivity index (χ1v) is 9.56. The first-order valence-electron chi connectivity index (χ1n) is 7.99. The van der Waals surface area contributed by atoms with E-state index in [1.165, 1.54) is 6.42 Å². The van der Waals surface area contributed by atoms with Crippen LogP contribution >= 0.6 is 0 Å². The molecule has 132 valence electrons. The van der Waals surface area contributed by atoms with Crippen LogP contribution in [0.15, 0.2) is 0 Å². The van der Waals surface area contributed by atoms with Crippen LogP contribution in [-0.4, -0.2) is 63.5 Å². The van der Waals surface area contributed by atoms with Crippen molar-refractivity contribution in [2.75, 3.05) is 33.4 Å². The normalized spacial score (nSPS) is 14.0. The minimum atomic E-state index is -3.66. The second-order valence-electron chi connectivity index (χ2n) is 6.82. The molecular weight excluding hydrogens is 306 g/mol. The van der Waals surface area contributed by atoms with Gasteiger partial charge in [-0.2, -0.15) is 8.42 Å². The Hall–Kier alpha value is -0.660. The number of unbranched alkanes of at least 4 members (excludes halogenated alkanes) is 5. The number of carboxylic acid groups (broad SMARTS) is 1. The van der Waals surface area contributed by atoms with Crippen molar-refractivity contribution in [2.24, 2.45) is 0 Å². The van der Waals surface area contributed by atoms with E-state index in [2.05, 4.69) is 6.92 Å². The molecule has 0 bridgehead atoms. The highest BCUT2D eigenvalue weighted by molar-refractivity contribution is 7.86. The molecule has 0 saturated carbocycles. The summed E-state index contributed by atoms with van der Waals surface area (Å²) in [6, 6.07) is 0. The molecule has 0 aliphatic heterocycles. The molecule has 0 fully saturated rings. The molecule has 22 heavy (non-hydrogen) atoms. The highest BCUT2D eigenvalue weighted by Gasteiger charge is 2.27. The van der Waals surface area contributed by atoms with Gasteiger partial charge in [0.15, 0.2) is 0 Å². The van der Waals surface area contributed by atoms with Crippen LogP contribution in [-0.2, 0) is 19.1 Å². The molecule has 0 saturated heterocycles. The van der Waals surface area contributed by atoms with E-state index in [1.807, 2.05) is 21.1 Å². The summed E-state index contributed by atoms with van der Waals surface area (Å²) in [5, 5.41) is 8.89. The van der Waals surface area contributed by atoms with Crippen molar-refractivity contribution in [1.82, 2.24) is 0 Å². The minimum absolute atomic E-state index is 0.0353. The van der Waals surface area contributed by atoms with Crippen LogP contribution < -0.4 is 0 Å². The molecule has 0 rings (SSSR count). The van der Waals surface area contributed by atoms with Gasteiger partial charge >= 0.3 is 5.97 Å². The predicted octanol–water partition coefficient (Wildman–Crippen LogP) is 2.24. The highest BCUT2D eigenvalue weighted by atomic mass is 32.2. The fraction of sp³-hybridized carbons (Fsp3) is 0.933. The van der Waals surface area contributed by atoms with Gasteiger partial charge in [0.05, 0.1) is 33.3 Å². The van der Waals surface area contributed by atoms with Crippen LogP contribution in [0.5, 0.6) is 0 Å². The zero-order valence-electron chi connectivity index (χ0n) is 14.4. The number of hydrogen-bond donors (Lipinski definition) is 1. The Labute approximate surface area is 135 Å². The van der Waals surface area contributed by atoms with Crippen molar-refractivity contribution in [2.45, 2.75) is 58.0 Å². The molecule has 0 aromatic heterocycles. The number of carboxylic acids is 1. The van der Waals surface area contributed by atoms with Gasteiger partial charge in [-0.15, -0.1) is 0 Å². The van der Waals surface area contributed by atoms with E-state index in [0.717, 1.165) is 25.7 Å². The summed E-state index contributed by atoms with van der Waals surface area (Å²) >= 11 is 0. The third-order valence-electron chi connectivity index (χ3n) is 3.18. The Morgan fingerprint density at radius 2 is 1.64 bits per heavy atom. The molecule has 7 heteroatoms. The molecule has 1 N–H and O–H groups in total. The van der Waals surface area contributed by atoms with E-state index < -0.39 is 22.2 Å². The van der Waals surface area contributed by atoms with Crippen LogP contribution in [0.25, 0.3) is 0 Å². The second kappa shape index (κ2) is 10.2. The molecule has 0 aliphatic carbocycles. The SMILES string of the molecule is CCCCCCCCS(=O)(=O)OC(CC(=O)O)C[N+](C)(C)C. The summed E-state index contributed by atoms with van der Waals surface area (Å²) in [4.78, 5) is 10.9. The number of aliphatic carboxylic acids is 1. The van der Waals surface area contributed by atoms with E-state index >= 15 is 0 Å². The van der Waals surface area contributed by atoms with Gasteiger partial charge in [0, 0.05) is 0 Å². The quantitative estimate of drug-likeness (QED) is 0.316. The van der Waals surface area contributed by atoms with Gasteiger partial charge in [0.25, 0.3) is 10.1 Å². The summed E-state index contributed by atoms with van der Waals surface area (Å²) in [7, 11) is 1.96. The Balaban J connectivity index is 4.33. The minimum Gasteiger partial charge on any atom is -0.481 e. The number of rotatable bonds is 13. The fourth-order valence-electron chi connectivity index (χ4n) is 2.25. The Bertz CT molecular complexity index is 414. The zero-order chi connectivity index (χ0) is 17.2. The molecule has 6 nitrogen and oxygen atoms in total. The van der Waals surface area contributed by atoms with Crippen LogP contribution in [0.2, 0.25) is 0 Å². The average molecular weight is 338 g/mol. The summed E-state index contributed by atoms with van der Waals surface area (Å²) < 4.78 is 29.5. The molecule has 1 atom stereocenters. The maximum Gasteiger partial charge on any atom is 0.306 e. The van der Waals surface area contributed by atoms with Crippen molar-refractivity contribution in [3.63, 3.8) is 0 Å². The van der Waals surface area contributed by atoms with Gasteiger partial charge in [-0.3, -0.25) is 8.98 Å². The van der Waals surface area contributed by atoms with Crippen molar-refractivity contribution in [1.29, 1.82) is 0 Å². The largest absolute Gasteiger partial charge is 0.481 e. The molecule has 0 amide bonds. The van der Waals surface area contributed by atoms with Gasteiger partial charge in [-0.05, 0) is 6.42 Å². The molecule has 0 spiro atoms. The molecular formula is C15H32NO5S+. The van der Waals surface area contributed by atoms with Gasteiger partial charge in [0.2, 0.25) is 0 Å². The molecule has 0 aromatic rings. The van der Waals surface area contributed by atoms with Crippen LogP contribution in [0.4, 0.5) is 0 Å². The van der Waals surface area contributed by atoms with Crippen molar-refractivity contribution in [3.8, 4) is 0 Å². The van der Waals surface area contributed by atoms with E-state index in [9.17, 15) is 13.2 Å². The maximum absolute atomic E-state index is 12.0. The first kappa shape index (κ1) is 21.3. The summed E-state index contributed by atoms with van der Waals surface area (Å²) in [6.45, 7) is 2.47. The smallest absolute Gasteiger partial charge is 0.306 e. The summed E-state index contributed by atoms with van der Waals surface area (Å²) in [6.07, 6.45) is 4.80. The van der Waals surface area contributed by atoms with Crippen LogP contribution in [0.3, 0.4) is 0 Å². The third kappa shape index (κ3) is 13.0. The maximum atomic E-state index is 12.0. The molecule has 1 unspecified atom stereocenters. The fourth-order valence-corrected chi connectivity index (χ4v) is 3.45. The Kier molecular flexibility index (Phi) is 9.87. The number of hydrogen-bond acceptors (Lipinski definition) is 4. The van der Waals surface area contributed by atoms with E-state index in [0.29, 0.717) is 17.4 Å². The number of nitrogens with zero attached hydrogens (tertiary/aromatic N) is 1. The van der Waals surface area contributed by atoms with E-state index in [1.54, 1.807) is 0 Å². The van der Waals surface area contributed by atoms with E-state index in [-0.39, 0.29) is 12.2 Å². The number of likely N-dealkylation sites (N-methyl/N-ethyl adjacent to an activating group) is 1. The molecule has 0 heterocycles. The van der Waals surface area contributed by atoms with Crippen LogP contribution in [0, 0.1) is 0 Å². The van der Waals surface area contributed by atoms with Gasteiger partial charge in [-0.1, -0.05) is 39.0 Å². The number of carbonyl (C=O) groups is 1. The van der Waals surface area contributed by atoms with Gasteiger partial charge in [-0.25, -0.2) is 0 Å². The second-order valence-corrected chi connectivity index (χ2v) is 8.53. The lowest BCUT2D eigenvalue weighted by Crippen LogP contribution is -2.44. The van der Waals surface area contributed by atoms with Gasteiger partial charge in [0.1, 0.15) is 12.6 Å². The zero-order valence-corrected chi connectivity index (χ0v) is 15.2. The monoisotopic (exact) mass is 338 g/mol. The Morgan fingerprint density at radius 3 is 2.14 bits per heavy atom. The third-order valence-corrected chi connectivity index (χ3v) is 4.54. The topological polar surface area (TPSA) is 80.7 Å². The molecule has 0 aromatic carbocycles. The lowest BCUT2D eigenvalue weighted by atomic mass is 10.1. The average Bonchev–Trinajstić information content (AvgIpc) is 2.29. The lowest BCUT2D eigenvalue weighted by Gasteiger charge is -2.28. The standard InChI is InChI=1S/C15H31NO5S/c1-5-6-7-8-9-10-11-22(19,20)21-14(12-15(17)18)13-16(2,3)4/h14H,5-13H2,1-4H3/p+1. The highest BCUT2D eigenvalue weighted by Crippen LogP contribution is 2.12. The summed E-state index contributed by atoms with van der Waals surface area (Å²) in [5.41, 5.74) is 0. The van der Waals surface area contributed by atoms with Crippen molar-refractivity contribution >= 4 is 16.1 Å². The van der Waals surface area contributed by atoms with E-state index in [4.69, 9.17) is 9.29 Å². The van der Waals surface area contributed by atoms with Crippen molar-refractivity contribution < 1.29 is 27.0 Å². The Morgan fingerprint density at radius 1 is 1.09 bits per heavy atom. The predicted molar refractivity (Wildman–Crippen MR) is 87.2 cm³/mol. The lowest BCUT2D eigenvalue weighted by molar-refractivity contribution is -0.873. The summed E-state index contributed by atoms with van der Waals surface area (Å²) in [5.74, 6) is -1.08. The van der Waals surface area contributed by atoms with Crippen LogP contribution in [0.1, 0.15) is 51.9 Å². The van der Waals surface area contributed by atoms with Gasteiger partial charge < -0.3 is 9.59 Å². The molecule has 0 radical (unpaired) electrons. The molecule has 0 aliphatic rings. The number of quaternary nitrogens is 1. The van der Waals surface area contributed by atoms with Crippen molar-refractivity contribution in [3.05, 3.63) is 0 Å². The first-order chi connectivity index (χ1) is 10.1.